The fourth-order valence-electron chi connectivity index (χ4n) is 3.34. The smallest absolute Gasteiger partial charge is 0.170 e. The zero-order valence-electron chi connectivity index (χ0n) is 12.2. The summed E-state index contributed by atoms with van der Waals surface area (Å²) in [5, 5.41) is 0. The lowest BCUT2D eigenvalue weighted by molar-refractivity contribution is -0.442. The van der Waals surface area contributed by atoms with E-state index >= 15 is 0 Å². The quantitative estimate of drug-likeness (QED) is 0.503. The molecule has 0 heterocycles. The third-order valence-corrected chi connectivity index (χ3v) is 4.61. The van der Waals surface area contributed by atoms with Crippen LogP contribution in [0, 0.1) is 22.7 Å². The van der Waals surface area contributed by atoms with Gasteiger partial charge in [0.1, 0.15) is 0 Å². The molecule has 1 aliphatic carbocycles. The summed E-state index contributed by atoms with van der Waals surface area (Å²) in [5.74, 6) is -3.17. The van der Waals surface area contributed by atoms with Crippen molar-refractivity contribution in [2.24, 2.45) is 22.7 Å². The predicted molar refractivity (Wildman–Crippen MR) is 60.9 cm³/mol. The van der Waals surface area contributed by atoms with E-state index < -0.39 is 54.0 Å². The van der Waals surface area contributed by atoms with Crippen LogP contribution in [0.5, 0.6) is 0 Å². The summed E-state index contributed by atoms with van der Waals surface area (Å²) in [7, 11) is 0. The number of hydrogen-bond acceptors (Lipinski definition) is 0. The zero-order chi connectivity index (χ0) is 17.8. The second kappa shape index (κ2) is 5.19. The van der Waals surface area contributed by atoms with Crippen LogP contribution >= 0.6 is 0 Å². The standard InChI is InChI=1S/C13H17F9/c1-9(2,3)7-4-5-8(6-7)10(11(14,15)16,12(17,18)19)13(20,21)22/h7-8H,4-6H2,1-3H3. The van der Waals surface area contributed by atoms with Gasteiger partial charge in [-0.25, -0.2) is 0 Å². The Hall–Kier alpha value is -0.630. The summed E-state index contributed by atoms with van der Waals surface area (Å²) in [6, 6.07) is 0. The molecule has 0 aromatic carbocycles. The highest BCUT2D eigenvalue weighted by molar-refractivity contribution is 5.06. The van der Waals surface area contributed by atoms with Crippen LogP contribution in [0.2, 0.25) is 0 Å². The first-order valence-corrected chi connectivity index (χ1v) is 6.66. The molecule has 1 saturated carbocycles. The Morgan fingerprint density at radius 2 is 0.909 bits per heavy atom. The van der Waals surface area contributed by atoms with Crippen LogP contribution in [0.1, 0.15) is 40.0 Å². The maximum Gasteiger partial charge on any atom is 0.412 e. The second-order valence-corrected chi connectivity index (χ2v) is 6.87. The largest absolute Gasteiger partial charge is 0.412 e. The first-order valence-electron chi connectivity index (χ1n) is 6.66. The van der Waals surface area contributed by atoms with Crippen LogP contribution in [-0.4, -0.2) is 18.5 Å². The Morgan fingerprint density at radius 3 is 1.14 bits per heavy atom. The third kappa shape index (κ3) is 2.91. The molecule has 9 heteroatoms. The lowest BCUT2D eigenvalue weighted by Crippen LogP contribution is -2.63. The molecule has 132 valence electrons. The molecule has 0 aliphatic heterocycles. The van der Waals surface area contributed by atoms with Crippen LogP contribution in [0.25, 0.3) is 0 Å². The lowest BCUT2D eigenvalue weighted by atomic mass is 9.70. The first kappa shape index (κ1) is 19.4. The minimum Gasteiger partial charge on any atom is -0.170 e. The molecule has 2 atom stereocenters. The summed E-state index contributed by atoms with van der Waals surface area (Å²) in [6.07, 6.45) is -20.9. The minimum absolute atomic E-state index is 0.0852. The molecule has 0 saturated heterocycles. The van der Waals surface area contributed by atoms with Crippen molar-refractivity contribution in [2.45, 2.75) is 58.6 Å². The fraction of sp³-hybridized carbons (Fsp3) is 1.00. The van der Waals surface area contributed by atoms with Crippen molar-refractivity contribution >= 4 is 0 Å². The Balaban J connectivity index is 3.42. The monoisotopic (exact) mass is 344 g/mol. The Labute approximate surface area is 122 Å². The predicted octanol–water partition coefficient (Wildman–Crippen LogP) is 6.12. The van der Waals surface area contributed by atoms with Gasteiger partial charge < -0.3 is 0 Å². The third-order valence-electron chi connectivity index (χ3n) is 4.61. The van der Waals surface area contributed by atoms with Crippen molar-refractivity contribution < 1.29 is 39.5 Å². The molecule has 0 aromatic heterocycles. The molecule has 0 amide bonds. The fourth-order valence-corrected chi connectivity index (χ4v) is 3.34. The van der Waals surface area contributed by atoms with E-state index in [1.165, 1.54) is 0 Å². The summed E-state index contributed by atoms with van der Waals surface area (Å²) >= 11 is 0. The topological polar surface area (TPSA) is 0 Å². The van der Waals surface area contributed by atoms with Crippen LogP contribution in [0.4, 0.5) is 39.5 Å². The summed E-state index contributed by atoms with van der Waals surface area (Å²) in [6.45, 7) is 4.78. The molecular formula is C13H17F9. The summed E-state index contributed by atoms with van der Waals surface area (Å²) < 4.78 is 117. The van der Waals surface area contributed by atoms with Crippen molar-refractivity contribution in [3.63, 3.8) is 0 Å². The number of rotatable bonds is 1. The van der Waals surface area contributed by atoms with E-state index in [2.05, 4.69) is 0 Å². The van der Waals surface area contributed by atoms with Gasteiger partial charge in [-0.05, 0) is 36.5 Å². The van der Waals surface area contributed by atoms with Crippen LogP contribution in [0.15, 0.2) is 0 Å². The van der Waals surface area contributed by atoms with Crippen LogP contribution in [0.3, 0.4) is 0 Å². The second-order valence-electron chi connectivity index (χ2n) is 6.87. The molecule has 0 spiro atoms. The van der Waals surface area contributed by atoms with E-state index in [-0.39, 0.29) is 6.42 Å². The van der Waals surface area contributed by atoms with Gasteiger partial charge in [0.15, 0.2) is 0 Å². The Kier molecular flexibility index (Phi) is 4.58. The van der Waals surface area contributed by atoms with Gasteiger partial charge in [0.05, 0.1) is 0 Å². The minimum atomic E-state index is -6.44. The number of halogens is 9. The Bertz CT molecular complexity index is 358. The molecule has 1 rings (SSSR count). The first-order chi connectivity index (χ1) is 9.46. The molecule has 0 aromatic rings. The zero-order valence-corrected chi connectivity index (χ0v) is 12.2. The Morgan fingerprint density at radius 1 is 0.591 bits per heavy atom. The maximum atomic E-state index is 13.0. The van der Waals surface area contributed by atoms with E-state index in [9.17, 15) is 39.5 Å². The summed E-state index contributed by atoms with van der Waals surface area (Å²) in [5.41, 5.74) is -6.31. The average molecular weight is 344 g/mol. The summed E-state index contributed by atoms with van der Waals surface area (Å²) in [4.78, 5) is 0. The van der Waals surface area contributed by atoms with E-state index in [0.717, 1.165) is 0 Å². The molecule has 0 nitrogen and oxygen atoms in total. The highest BCUT2D eigenvalue weighted by atomic mass is 19.4. The van der Waals surface area contributed by atoms with Crippen molar-refractivity contribution in [3.05, 3.63) is 0 Å². The van der Waals surface area contributed by atoms with Gasteiger partial charge in [0, 0.05) is 0 Å². The molecule has 22 heavy (non-hydrogen) atoms. The van der Waals surface area contributed by atoms with E-state index in [0.29, 0.717) is 0 Å². The van der Waals surface area contributed by atoms with Gasteiger partial charge in [0.25, 0.3) is 5.41 Å². The highest BCUT2D eigenvalue weighted by Gasteiger charge is 2.86. The molecule has 2 unspecified atom stereocenters. The van der Waals surface area contributed by atoms with Crippen molar-refractivity contribution in [3.8, 4) is 0 Å². The van der Waals surface area contributed by atoms with Crippen LogP contribution < -0.4 is 0 Å². The number of hydrogen-bond donors (Lipinski definition) is 0. The van der Waals surface area contributed by atoms with Crippen molar-refractivity contribution in [1.82, 2.24) is 0 Å². The van der Waals surface area contributed by atoms with Crippen molar-refractivity contribution in [1.29, 1.82) is 0 Å². The van der Waals surface area contributed by atoms with Gasteiger partial charge in [0.2, 0.25) is 0 Å². The van der Waals surface area contributed by atoms with E-state index in [4.69, 9.17) is 0 Å². The average Bonchev–Trinajstić information content (AvgIpc) is 2.58. The molecule has 1 fully saturated rings. The van der Waals surface area contributed by atoms with Crippen molar-refractivity contribution in [2.75, 3.05) is 0 Å². The molecular weight excluding hydrogens is 327 g/mol. The van der Waals surface area contributed by atoms with Gasteiger partial charge in [-0.1, -0.05) is 20.8 Å². The maximum absolute atomic E-state index is 13.0. The van der Waals surface area contributed by atoms with Crippen LogP contribution in [-0.2, 0) is 0 Å². The molecule has 0 bridgehead atoms. The van der Waals surface area contributed by atoms with Gasteiger partial charge in [-0.2, -0.15) is 39.5 Å². The molecule has 1 aliphatic rings. The highest BCUT2D eigenvalue weighted by Crippen LogP contribution is 2.67. The van der Waals surface area contributed by atoms with E-state index in [1.54, 1.807) is 20.8 Å². The van der Waals surface area contributed by atoms with E-state index in [1.807, 2.05) is 0 Å². The molecule has 0 radical (unpaired) electrons. The number of alkyl halides is 9. The normalized spacial score (nSPS) is 25.6. The lowest BCUT2D eigenvalue weighted by Gasteiger charge is -2.43. The van der Waals surface area contributed by atoms with Gasteiger partial charge >= 0.3 is 18.5 Å². The SMILES string of the molecule is CC(C)(C)C1CCC(C(C(F)(F)F)(C(F)(F)F)C(F)(F)F)C1. The molecule has 0 N–H and O–H groups in total. The van der Waals surface area contributed by atoms with Gasteiger partial charge in [-0.3, -0.25) is 0 Å². The van der Waals surface area contributed by atoms with Gasteiger partial charge in [-0.15, -0.1) is 0 Å².